The lowest BCUT2D eigenvalue weighted by Crippen LogP contribution is -2.40. The van der Waals surface area contributed by atoms with Crippen LogP contribution < -0.4 is 5.32 Å². The van der Waals surface area contributed by atoms with E-state index in [1.165, 1.54) is 0 Å². The van der Waals surface area contributed by atoms with Crippen molar-refractivity contribution in [3.8, 4) is 12.3 Å². The minimum absolute atomic E-state index is 0.00294. The quantitative estimate of drug-likeness (QED) is 0.709. The molecule has 1 heterocycles. The molecule has 3 heteroatoms. The van der Waals surface area contributed by atoms with Crippen LogP contribution in [0, 0.1) is 18.3 Å². The molecule has 0 spiro atoms. The summed E-state index contributed by atoms with van der Waals surface area (Å²) in [6.45, 7) is 4.65. The number of nitrogens with one attached hydrogen (secondary N) is 1. The van der Waals surface area contributed by atoms with Gasteiger partial charge < -0.3 is 10.1 Å². The van der Waals surface area contributed by atoms with E-state index in [0.717, 1.165) is 12.8 Å². The van der Waals surface area contributed by atoms with E-state index in [1.54, 1.807) is 0 Å². The monoisotopic (exact) mass is 209 g/mol. The number of rotatable bonds is 4. The van der Waals surface area contributed by atoms with Gasteiger partial charge in [-0.2, -0.15) is 0 Å². The molecule has 15 heavy (non-hydrogen) atoms. The molecule has 1 N–H and O–H groups in total. The second-order valence-electron chi connectivity index (χ2n) is 3.99. The third kappa shape index (κ3) is 3.24. The average Bonchev–Trinajstić information content (AvgIpc) is 2.63. The van der Waals surface area contributed by atoms with Gasteiger partial charge in [-0.05, 0) is 19.8 Å². The van der Waals surface area contributed by atoms with Crippen LogP contribution in [0.15, 0.2) is 0 Å². The molecule has 3 unspecified atom stereocenters. The zero-order valence-corrected chi connectivity index (χ0v) is 9.45. The highest BCUT2D eigenvalue weighted by atomic mass is 16.5. The molecular formula is C12H19NO2. The van der Waals surface area contributed by atoms with Crippen LogP contribution in [0.2, 0.25) is 0 Å². The molecule has 1 fully saturated rings. The first kappa shape index (κ1) is 12.1. The maximum Gasteiger partial charge on any atom is 0.226 e. The van der Waals surface area contributed by atoms with Crippen LogP contribution in [-0.2, 0) is 9.53 Å². The van der Waals surface area contributed by atoms with Gasteiger partial charge in [0.25, 0.3) is 0 Å². The van der Waals surface area contributed by atoms with Gasteiger partial charge in [0.2, 0.25) is 5.91 Å². The first-order valence-electron chi connectivity index (χ1n) is 5.54. The lowest BCUT2D eigenvalue weighted by Gasteiger charge is -2.19. The number of amides is 1. The highest BCUT2D eigenvalue weighted by Crippen LogP contribution is 2.20. The third-order valence-electron chi connectivity index (χ3n) is 2.92. The van der Waals surface area contributed by atoms with Crippen molar-refractivity contribution in [2.24, 2.45) is 5.92 Å². The molecule has 0 aromatic carbocycles. The van der Waals surface area contributed by atoms with Crippen LogP contribution >= 0.6 is 0 Å². The van der Waals surface area contributed by atoms with Crippen LogP contribution in [-0.4, -0.2) is 24.7 Å². The standard InChI is InChI=1S/C12H19NO2/c1-4-6-10(5-2)13-12(14)11-7-8-15-9(11)3/h1,9-11H,5-8H2,2-3H3,(H,13,14). The van der Waals surface area contributed by atoms with Crippen LogP contribution in [0.25, 0.3) is 0 Å². The highest BCUT2D eigenvalue weighted by Gasteiger charge is 2.31. The van der Waals surface area contributed by atoms with E-state index in [9.17, 15) is 4.79 Å². The predicted molar refractivity (Wildman–Crippen MR) is 59.2 cm³/mol. The number of hydrogen-bond donors (Lipinski definition) is 1. The van der Waals surface area contributed by atoms with Crippen molar-refractivity contribution in [3.63, 3.8) is 0 Å². The van der Waals surface area contributed by atoms with Gasteiger partial charge in [0, 0.05) is 19.1 Å². The van der Waals surface area contributed by atoms with E-state index < -0.39 is 0 Å². The summed E-state index contributed by atoms with van der Waals surface area (Å²) < 4.78 is 5.36. The van der Waals surface area contributed by atoms with E-state index in [1.807, 2.05) is 13.8 Å². The van der Waals surface area contributed by atoms with Crippen LogP contribution in [0.5, 0.6) is 0 Å². The molecule has 84 valence electrons. The average molecular weight is 209 g/mol. The van der Waals surface area contributed by atoms with Gasteiger partial charge in [0.1, 0.15) is 0 Å². The summed E-state index contributed by atoms with van der Waals surface area (Å²) in [5.74, 6) is 2.66. The van der Waals surface area contributed by atoms with Crippen LogP contribution in [0.4, 0.5) is 0 Å². The van der Waals surface area contributed by atoms with E-state index in [4.69, 9.17) is 11.2 Å². The zero-order chi connectivity index (χ0) is 11.3. The molecule has 3 nitrogen and oxygen atoms in total. The first-order chi connectivity index (χ1) is 7.19. The Bertz CT molecular complexity index is 257. The van der Waals surface area contributed by atoms with Crippen molar-refractivity contribution in [1.29, 1.82) is 0 Å². The van der Waals surface area contributed by atoms with Gasteiger partial charge in [-0.3, -0.25) is 4.79 Å². The first-order valence-corrected chi connectivity index (χ1v) is 5.54. The maximum absolute atomic E-state index is 11.8. The summed E-state index contributed by atoms with van der Waals surface area (Å²) >= 11 is 0. The second kappa shape index (κ2) is 5.77. The van der Waals surface area contributed by atoms with E-state index in [-0.39, 0.29) is 24.0 Å². The molecule has 0 radical (unpaired) electrons. The van der Waals surface area contributed by atoms with Gasteiger partial charge in [0.15, 0.2) is 0 Å². The molecule has 0 aliphatic carbocycles. The van der Waals surface area contributed by atoms with Crippen molar-refractivity contribution >= 4 is 5.91 Å². The lowest BCUT2D eigenvalue weighted by molar-refractivity contribution is -0.127. The van der Waals surface area contributed by atoms with Crippen molar-refractivity contribution < 1.29 is 9.53 Å². The van der Waals surface area contributed by atoms with E-state index >= 15 is 0 Å². The molecule has 0 aromatic heterocycles. The Balaban J connectivity index is 2.43. The molecule has 0 aromatic rings. The minimum Gasteiger partial charge on any atom is -0.378 e. The minimum atomic E-state index is -0.00294. The van der Waals surface area contributed by atoms with E-state index in [2.05, 4.69) is 11.2 Å². The smallest absolute Gasteiger partial charge is 0.226 e. The predicted octanol–water partition coefficient (Wildman–Crippen LogP) is 1.33. The van der Waals surface area contributed by atoms with Gasteiger partial charge >= 0.3 is 0 Å². The largest absolute Gasteiger partial charge is 0.378 e. The normalized spacial score (nSPS) is 27.0. The van der Waals surface area contributed by atoms with Crippen LogP contribution in [0.1, 0.15) is 33.1 Å². The molecule has 0 saturated carbocycles. The molecule has 1 amide bonds. The zero-order valence-electron chi connectivity index (χ0n) is 9.45. The summed E-state index contributed by atoms with van der Waals surface area (Å²) in [7, 11) is 0. The number of carbonyl (C=O) groups is 1. The number of terminal acetylenes is 1. The number of ether oxygens (including phenoxy) is 1. The number of hydrogen-bond acceptors (Lipinski definition) is 2. The molecule has 0 bridgehead atoms. The van der Waals surface area contributed by atoms with Crippen molar-refractivity contribution in [2.75, 3.05) is 6.61 Å². The molecule has 1 saturated heterocycles. The molecule has 3 atom stereocenters. The van der Waals surface area contributed by atoms with Gasteiger partial charge in [-0.1, -0.05) is 6.92 Å². The fourth-order valence-electron chi connectivity index (χ4n) is 1.82. The summed E-state index contributed by atoms with van der Waals surface area (Å²) in [4.78, 5) is 11.8. The Labute approximate surface area is 91.6 Å². The number of carbonyl (C=O) groups excluding carboxylic acids is 1. The summed E-state index contributed by atoms with van der Waals surface area (Å²) in [5.41, 5.74) is 0. The molecule has 1 aliphatic rings. The Kier molecular flexibility index (Phi) is 4.64. The Morgan fingerprint density at radius 1 is 1.73 bits per heavy atom. The van der Waals surface area contributed by atoms with Gasteiger partial charge in [-0.25, -0.2) is 0 Å². The van der Waals surface area contributed by atoms with Crippen molar-refractivity contribution in [2.45, 2.75) is 45.3 Å². The Morgan fingerprint density at radius 2 is 2.47 bits per heavy atom. The van der Waals surface area contributed by atoms with E-state index in [0.29, 0.717) is 13.0 Å². The SMILES string of the molecule is C#CCC(CC)NC(=O)C1CCOC1C. The Morgan fingerprint density at radius 3 is 2.93 bits per heavy atom. The molecule has 1 aliphatic heterocycles. The Hall–Kier alpha value is -1.01. The topological polar surface area (TPSA) is 38.3 Å². The lowest BCUT2D eigenvalue weighted by atomic mass is 10.0. The highest BCUT2D eigenvalue weighted by molar-refractivity contribution is 5.79. The summed E-state index contributed by atoms with van der Waals surface area (Å²) in [6.07, 6.45) is 7.56. The van der Waals surface area contributed by atoms with Crippen molar-refractivity contribution in [3.05, 3.63) is 0 Å². The maximum atomic E-state index is 11.8. The fraction of sp³-hybridized carbons (Fsp3) is 0.750. The molecule has 1 rings (SSSR count). The summed E-state index contributed by atoms with van der Waals surface area (Å²) in [5, 5.41) is 2.98. The third-order valence-corrected chi connectivity index (χ3v) is 2.92. The second-order valence-corrected chi connectivity index (χ2v) is 3.99. The van der Waals surface area contributed by atoms with Crippen molar-refractivity contribution in [1.82, 2.24) is 5.32 Å². The van der Waals surface area contributed by atoms with Gasteiger partial charge in [0.05, 0.1) is 12.0 Å². The van der Waals surface area contributed by atoms with Crippen LogP contribution in [0.3, 0.4) is 0 Å². The summed E-state index contributed by atoms with van der Waals surface area (Å²) in [6, 6.07) is 0.107. The fourth-order valence-corrected chi connectivity index (χ4v) is 1.82. The van der Waals surface area contributed by atoms with Gasteiger partial charge in [-0.15, -0.1) is 12.3 Å². The molecular weight excluding hydrogens is 190 g/mol.